The molecular formula is C26H32N4O2. The number of aromatic nitrogens is 1. The van der Waals surface area contributed by atoms with Crippen LogP contribution in [0.15, 0.2) is 60.8 Å². The number of nitrogens with one attached hydrogen (secondary N) is 2. The van der Waals surface area contributed by atoms with Gasteiger partial charge in [0.05, 0.1) is 22.7 Å². The van der Waals surface area contributed by atoms with Gasteiger partial charge in [-0.1, -0.05) is 37.3 Å². The Morgan fingerprint density at radius 2 is 1.88 bits per heavy atom. The molecule has 3 aromatic rings. The molecule has 0 radical (unpaired) electrons. The van der Waals surface area contributed by atoms with Crippen LogP contribution in [0.5, 0.6) is 0 Å². The number of hydrogen-bond donors (Lipinski definition) is 3. The van der Waals surface area contributed by atoms with Crippen LogP contribution in [-0.2, 0) is 11.3 Å². The van der Waals surface area contributed by atoms with Crippen LogP contribution in [0.3, 0.4) is 0 Å². The summed E-state index contributed by atoms with van der Waals surface area (Å²) < 4.78 is 5.58. The fourth-order valence-electron chi connectivity index (χ4n) is 3.43. The van der Waals surface area contributed by atoms with Crippen LogP contribution in [-0.4, -0.2) is 30.1 Å². The molecule has 0 aliphatic carbocycles. The number of methoxy groups -OCH3 is 1. The van der Waals surface area contributed by atoms with Gasteiger partial charge in [0.25, 0.3) is 5.91 Å². The Labute approximate surface area is 190 Å². The lowest BCUT2D eigenvalue weighted by atomic mass is 10.0. The fourth-order valence-corrected chi connectivity index (χ4v) is 3.43. The zero-order chi connectivity index (χ0) is 23.1. The number of carbonyl (C=O) groups excluding carboxylic acids is 1. The first kappa shape index (κ1) is 23.4. The minimum Gasteiger partial charge on any atom is -0.397 e. The number of nitrogen functional groups attached to an aromatic ring is 1. The molecule has 2 aromatic carbocycles. The van der Waals surface area contributed by atoms with Crippen LogP contribution in [0, 0.1) is 6.92 Å². The SMILES string of the molecule is CCC(C)(CNCc1cnc(-c2ccc(C(=O)Nc3ccccc3N)cc2)c(C)c1)OC. The highest BCUT2D eigenvalue weighted by Crippen LogP contribution is 2.23. The van der Waals surface area contributed by atoms with E-state index in [1.807, 2.05) is 30.5 Å². The van der Waals surface area contributed by atoms with E-state index in [4.69, 9.17) is 10.5 Å². The maximum atomic E-state index is 12.5. The van der Waals surface area contributed by atoms with E-state index in [9.17, 15) is 4.79 Å². The fraction of sp³-hybridized carbons (Fsp3) is 0.308. The van der Waals surface area contributed by atoms with Crippen molar-refractivity contribution < 1.29 is 9.53 Å². The number of hydrogen-bond acceptors (Lipinski definition) is 5. The predicted molar refractivity (Wildman–Crippen MR) is 131 cm³/mol. The number of para-hydroxylation sites is 2. The third kappa shape index (κ3) is 5.72. The van der Waals surface area contributed by atoms with E-state index in [0.717, 1.165) is 41.9 Å². The van der Waals surface area contributed by atoms with Crippen LogP contribution >= 0.6 is 0 Å². The second kappa shape index (κ2) is 10.4. The molecule has 0 bridgehead atoms. The number of rotatable bonds is 9. The van der Waals surface area contributed by atoms with E-state index in [2.05, 4.69) is 42.5 Å². The number of nitrogens with zero attached hydrogens (tertiary/aromatic N) is 1. The van der Waals surface area contributed by atoms with Crippen molar-refractivity contribution in [2.75, 3.05) is 24.7 Å². The molecule has 32 heavy (non-hydrogen) atoms. The van der Waals surface area contributed by atoms with Crippen LogP contribution in [0.1, 0.15) is 41.8 Å². The van der Waals surface area contributed by atoms with Crippen molar-refractivity contribution in [1.82, 2.24) is 10.3 Å². The highest BCUT2D eigenvalue weighted by Gasteiger charge is 2.20. The van der Waals surface area contributed by atoms with E-state index in [-0.39, 0.29) is 11.5 Å². The van der Waals surface area contributed by atoms with Gasteiger partial charge in [0.1, 0.15) is 0 Å². The number of nitrogens with two attached hydrogens (primary N) is 1. The number of benzene rings is 2. The Morgan fingerprint density at radius 3 is 2.50 bits per heavy atom. The predicted octanol–water partition coefficient (Wildman–Crippen LogP) is 4.80. The van der Waals surface area contributed by atoms with E-state index in [1.165, 1.54) is 0 Å². The molecule has 1 amide bonds. The van der Waals surface area contributed by atoms with Gasteiger partial charge in [-0.2, -0.15) is 0 Å². The summed E-state index contributed by atoms with van der Waals surface area (Å²) in [5, 5.41) is 6.30. The average Bonchev–Trinajstić information content (AvgIpc) is 2.80. The summed E-state index contributed by atoms with van der Waals surface area (Å²) in [6, 6.07) is 16.8. The molecule has 3 rings (SSSR count). The van der Waals surface area contributed by atoms with Gasteiger partial charge in [0.15, 0.2) is 0 Å². The van der Waals surface area contributed by atoms with E-state index >= 15 is 0 Å². The number of ether oxygens (including phenoxy) is 1. The number of anilines is 2. The van der Waals surface area contributed by atoms with Crippen molar-refractivity contribution in [3.63, 3.8) is 0 Å². The quantitative estimate of drug-likeness (QED) is 0.423. The lowest BCUT2D eigenvalue weighted by molar-refractivity contribution is 0.00348. The Bertz CT molecular complexity index is 1060. The first-order chi connectivity index (χ1) is 15.3. The second-order valence-electron chi connectivity index (χ2n) is 8.24. The van der Waals surface area contributed by atoms with Gasteiger partial charge in [-0.15, -0.1) is 0 Å². The van der Waals surface area contributed by atoms with Gasteiger partial charge in [0, 0.05) is 37.5 Å². The lowest BCUT2D eigenvalue weighted by Gasteiger charge is -2.27. The van der Waals surface area contributed by atoms with Crippen molar-refractivity contribution in [3.8, 4) is 11.3 Å². The summed E-state index contributed by atoms with van der Waals surface area (Å²) in [4.78, 5) is 17.2. The van der Waals surface area contributed by atoms with E-state index in [0.29, 0.717) is 16.9 Å². The standard InChI is InChI=1S/C26H32N4O2/c1-5-26(3,32-4)17-28-15-19-14-18(2)24(29-16-19)20-10-12-21(13-11-20)25(31)30-23-9-7-6-8-22(23)27/h6-14,16,28H,5,15,17,27H2,1-4H3,(H,30,31). The smallest absolute Gasteiger partial charge is 0.255 e. The maximum absolute atomic E-state index is 12.5. The minimum atomic E-state index is -0.198. The molecule has 0 fully saturated rings. The first-order valence-corrected chi connectivity index (χ1v) is 10.8. The molecule has 6 heteroatoms. The minimum absolute atomic E-state index is 0.164. The Hall–Kier alpha value is -3.22. The monoisotopic (exact) mass is 432 g/mol. The first-order valence-electron chi connectivity index (χ1n) is 10.8. The number of pyridine rings is 1. The Morgan fingerprint density at radius 1 is 1.16 bits per heavy atom. The summed E-state index contributed by atoms with van der Waals surface area (Å²) >= 11 is 0. The van der Waals surface area contributed by atoms with Gasteiger partial charge < -0.3 is 21.1 Å². The van der Waals surface area contributed by atoms with Crippen LogP contribution in [0.25, 0.3) is 11.3 Å². The molecule has 1 heterocycles. The lowest BCUT2D eigenvalue weighted by Crippen LogP contribution is -2.38. The highest BCUT2D eigenvalue weighted by atomic mass is 16.5. The van der Waals surface area contributed by atoms with Gasteiger partial charge in [-0.05, 0) is 55.7 Å². The molecule has 1 aromatic heterocycles. The van der Waals surface area contributed by atoms with Gasteiger partial charge >= 0.3 is 0 Å². The normalized spacial score (nSPS) is 12.9. The number of carbonyl (C=O) groups is 1. The largest absolute Gasteiger partial charge is 0.397 e. The summed E-state index contributed by atoms with van der Waals surface area (Å²) in [6.07, 6.45) is 2.84. The molecule has 1 unspecified atom stereocenters. The summed E-state index contributed by atoms with van der Waals surface area (Å²) in [5.41, 5.74) is 11.5. The Kier molecular flexibility index (Phi) is 7.62. The van der Waals surface area contributed by atoms with Crippen LogP contribution in [0.2, 0.25) is 0 Å². The molecule has 0 aliphatic heterocycles. The third-order valence-electron chi connectivity index (χ3n) is 5.83. The van der Waals surface area contributed by atoms with Crippen molar-refractivity contribution in [3.05, 3.63) is 77.5 Å². The highest BCUT2D eigenvalue weighted by molar-refractivity contribution is 6.05. The van der Waals surface area contributed by atoms with Crippen molar-refractivity contribution in [1.29, 1.82) is 0 Å². The third-order valence-corrected chi connectivity index (χ3v) is 5.83. The summed E-state index contributed by atoms with van der Waals surface area (Å²) in [7, 11) is 1.75. The zero-order valence-electron chi connectivity index (χ0n) is 19.2. The topological polar surface area (TPSA) is 89.3 Å². The van der Waals surface area contributed by atoms with Crippen molar-refractivity contribution in [2.45, 2.75) is 39.3 Å². The maximum Gasteiger partial charge on any atom is 0.255 e. The van der Waals surface area contributed by atoms with Gasteiger partial charge in [-0.25, -0.2) is 0 Å². The molecule has 4 N–H and O–H groups in total. The van der Waals surface area contributed by atoms with E-state index < -0.39 is 0 Å². The van der Waals surface area contributed by atoms with Crippen LogP contribution in [0.4, 0.5) is 11.4 Å². The zero-order valence-corrected chi connectivity index (χ0v) is 19.2. The molecule has 0 saturated carbocycles. The van der Waals surface area contributed by atoms with Crippen molar-refractivity contribution >= 4 is 17.3 Å². The van der Waals surface area contributed by atoms with Gasteiger partial charge in [-0.3, -0.25) is 9.78 Å². The molecule has 1 atom stereocenters. The van der Waals surface area contributed by atoms with Crippen molar-refractivity contribution in [2.24, 2.45) is 0 Å². The molecular weight excluding hydrogens is 400 g/mol. The summed E-state index contributed by atoms with van der Waals surface area (Å²) in [6.45, 7) is 7.78. The van der Waals surface area contributed by atoms with Gasteiger partial charge in [0.2, 0.25) is 0 Å². The molecule has 0 aliphatic rings. The average molecular weight is 433 g/mol. The number of aryl methyl sites for hydroxylation is 1. The molecule has 6 nitrogen and oxygen atoms in total. The molecule has 168 valence electrons. The van der Waals surface area contributed by atoms with E-state index in [1.54, 1.807) is 31.4 Å². The Balaban J connectivity index is 1.65. The molecule has 0 saturated heterocycles. The number of amides is 1. The summed E-state index contributed by atoms with van der Waals surface area (Å²) in [5.74, 6) is -0.198. The molecule has 0 spiro atoms. The second-order valence-corrected chi connectivity index (χ2v) is 8.24. The van der Waals surface area contributed by atoms with Crippen LogP contribution < -0.4 is 16.4 Å².